The van der Waals surface area contributed by atoms with Gasteiger partial charge in [-0.15, -0.1) is 5.10 Å². The summed E-state index contributed by atoms with van der Waals surface area (Å²) in [7, 11) is 0. The zero-order valence-electron chi connectivity index (χ0n) is 13.2. The van der Waals surface area contributed by atoms with Crippen LogP contribution < -0.4 is 10.1 Å². The first-order chi connectivity index (χ1) is 11.2. The van der Waals surface area contributed by atoms with E-state index in [0.29, 0.717) is 25.5 Å². The van der Waals surface area contributed by atoms with Crippen molar-refractivity contribution in [2.75, 3.05) is 25.0 Å². The van der Waals surface area contributed by atoms with Gasteiger partial charge in [-0.3, -0.25) is 4.79 Å². The summed E-state index contributed by atoms with van der Waals surface area (Å²) >= 11 is 0. The Balaban J connectivity index is 1.58. The molecule has 1 N–H and O–H groups in total. The monoisotopic (exact) mass is 317 g/mol. The number of carbonyl (C=O) groups excluding carboxylic acids is 1. The van der Waals surface area contributed by atoms with Crippen molar-refractivity contribution in [2.24, 2.45) is 0 Å². The van der Waals surface area contributed by atoms with Gasteiger partial charge < -0.3 is 19.4 Å². The van der Waals surface area contributed by atoms with Crippen LogP contribution in [-0.4, -0.2) is 51.7 Å². The number of carbonyl (C=O) groups is 1. The van der Waals surface area contributed by atoms with E-state index in [1.807, 2.05) is 26.0 Å². The molecular formula is C15H19N5O3. The first-order valence-electron chi connectivity index (χ1n) is 7.61. The Kier molecular flexibility index (Phi) is 4.40. The van der Waals surface area contributed by atoms with Gasteiger partial charge in [0, 0.05) is 31.8 Å². The van der Waals surface area contributed by atoms with Gasteiger partial charge in [0.15, 0.2) is 0 Å². The maximum absolute atomic E-state index is 12.3. The molecule has 3 rings (SSSR count). The molecule has 2 aromatic rings. The first kappa shape index (κ1) is 15.3. The van der Waals surface area contributed by atoms with Crippen LogP contribution in [0.5, 0.6) is 5.88 Å². The molecule has 2 aromatic heterocycles. The third kappa shape index (κ3) is 3.58. The third-order valence-electron chi connectivity index (χ3n) is 3.54. The molecule has 0 aliphatic carbocycles. The molecule has 0 saturated carbocycles. The maximum Gasteiger partial charge on any atom is 0.315 e. The minimum Gasteiger partial charge on any atom is -0.472 e. The number of ether oxygens (including phenoxy) is 1. The van der Waals surface area contributed by atoms with Crippen molar-refractivity contribution in [1.29, 1.82) is 0 Å². The summed E-state index contributed by atoms with van der Waals surface area (Å²) < 4.78 is 11.1. The fourth-order valence-corrected chi connectivity index (χ4v) is 2.37. The number of likely N-dealkylation sites (tertiary alicyclic amines) is 1. The lowest BCUT2D eigenvalue weighted by Crippen LogP contribution is -2.31. The van der Waals surface area contributed by atoms with Crippen LogP contribution in [0.1, 0.15) is 29.6 Å². The number of pyridine rings is 1. The summed E-state index contributed by atoms with van der Waals surface area (Å²) in [6, 6.07) is 4.04. The van der Waals surface area contributed by atoms with Crippen LogP contribution in [0.15, 0.2) is 22.7 Å². The largest absolute Gasteiger partial charge is 0.472 e. The van der Waals surface area contributed by atoms with Crippen LogP contribution in [0.25, 0.3) is 0 Å². The van der Waals surface area contributed by atoms with Crippen molar-refractivity contribution in [2.45, 2.75) is 26.4 Å². The summed E-state index contributed by atoms with van der Waals surface area (Å²) in [5.74, 6) is 0.293. The Morgan fingerprint density at radius 2 is 2.35 bits per heavy atom. The molecule has 1 saturated heterocycles. The molecular weight excluding hydrogens is 298 g/mol. The number of aromatic nitrogens is 3. The van der Waals surface area contributed by atoms with Crippen LogP contribution in [0.3, 0.4) is 0 Å². The average molecular weight is 317 g/mol. The Morgan fingerprint density at radius 3 is 3.09 bits per heavy atom. The van der Waals surface area contributed by atoms with E-state index in [0.717, 1.165) is 12.0 Å². The fraction of sp³-hybridized carbons (Fsp3) is 0.467. The van der Waals surface area contributed by atoms with Crippen LogP contribution in [0, 0.1) is 6.92 Å². The highest BCUT2D eigenvalue weighted by molar-refractivity contribution is 5.89. The molecule has 1 fully saturated rings. The summed E-state index contributed by atoms with van der Waals surface area (Å²) in [6.45, 7) is 5.60. The van der Waals surface area contributed by atoms with Gasteiger partial charge in [0.2, 0.25) is 5.88 Å². The number of hydrogen-bond donors (Lipinski definition) is 1. The van der Waals surface area contributed by atoms with Crippen molar-refractivity contribution in [1.82, 2.24) is 20.1 Å². The van der Waals surface area contributed by atoms with Crippen LogP contribution >= 0.6 is 0 Å². The Bertz CT molecular complexity index is 670. The zero-order valence-corrected chi connectivity index (χ0v) is 13.2. The van der Waals surface area contributed by atoms with Gasteiger partial charge in [-0.1, -0.05) is 11.2 Å². The van der Waals surface area contributed by atoms with Gasteiger partial charge >= 0.3 is 17.8 Å². The van der Waals surface area contributed by atoms with Crippen molar-refractivity contribution in [3.63, 3.8) is 0 Å². The van der Waals surface area contributed by atoms with Crippen LogP contribution in [0.4, 0.5) is 6.01 Å². The molecule has 1 aliphatic rings. The number of amides is 1. The third-order valence-corrected chi connectivity index (χ3v) is 3.54. The smallest absolute Gasteiger partial charge is 0.315 e. The van der Waals surface area contributed by atoms with Gasteiger partial charge in [0.25, 0.3) is 0 Å². The molecule has 23 heavy (non-hydrogen) atoms. The van der Waals surface area contributed by atoms with E-state index in [-0.39, 0.29) is 23.9 Å². The van der Waals surface area contributed by atoms with Gasteiger partial charge in [0.1, 0.15) is 6.10 Å². The zero-order chi connectivity index (χ0) is 16.2. The molecule has 1 aliphatic heterocycles. The fourth-order valence-electron chi connectivity index (χ4n) is 2.37. The van der Waals surface area contributed by atoms with E-state index < -0.39 is 0 Å². The first-order valence-corrected chi connectivity index (χ1v) is 7.61. The van der Waals surface area contributed by atoms with E-state index in [9.17, 15) is 4.79 Å². The van der Waals surface area contributed by atoms with Gasteiger partial charge in [-0.2, -0.15) is 0 Å². The predicted molar refractivity (Wildman–Crippen MR) is 82.4 cm³/mol. The summed E-state index contributed by atoms with van der Waals surface area (Å²) in [6.07, 6.45) is 2.42. The van der Waals surface area contributed by atoms with E-state index in [1.54, 1.807) is 11.1 Å². The second kappa shape index (κ2) is 6.64. The van der Waals surface area contributed by atoms with E-state index in [1.165, 1.54) is 0 Å². The molecule has 8 nitrogen and oxygen atoms in total. The van der Waals surface area contributed by atoms with Crippen molar-refractivity contribution in [3.8, 4) is 5.88 Å². The number of aryl methyl sites for hydroxylation is 1. The lowest BCUT2D eigenvalue weighted by atomic mass is 10.3. The lowest BCUT2D eigenvalue weighted by Gasteiger charge is -2.15. The predicted octanol–water partition coefficient (Wildman–Crippen LogP) is 1.50. The highest BCUT2D eigenvalue weighted by Gasteiger charge is 2.31. The number of nitrogens with zero attached hydrogens (tertiary/aromatic N) is 4. The molecule has 0 spiro atoms. The second-order valence-electron chi connectivity index (χ2n) is 5.40. The van der Waals surface area contributed by atoms with Crippen LogP contribution in [-0.2, 0) is 0 Å². The number of hydrogen-bond acceptors (Lipinski definition) is 7. The van der Waals surface area contributed by atoms with Crippen molar-refractivity contribution in [3.05, 3.63) is 29.8 Å². The Labute approximate surface area is 133 Å². The molecule has 3 heterocycles. The molecule has 1 unspecified atom stereocenters. The van der Waals surface area contributed by atoms with E-state index in [2.05, 4.69) is 20.5 Å². The highest BCUT2D eigenvalue weighted by atomic mass is 16.5. The number of rotatable bonds is 5. The normalized spacial score (nSPS) is 17.3. The lowest BCUT2D eigenvalue weighted by molar-refractivity contribution is 0.0732. The summed E-state index contributed by atoms with van der Waals surface area (Å²) in [5, 5.41) is 10.4. The maximum atomic E-state index is 12.3. The topological polar surface area (TPSA) is 93.4 Å². The quantitative estimate of drug-likeness (QED) is 0.893. The molecule has 0 bridgehead atoms. The van der Waals surface area contributed by atoms with Crippen molar-refractivity contribution < 1.29 is 13.9 Å². The molecule has 8 heteroatoms. The molecule has 0 aromatic carbocycles. The number of nitrogens with one attached hydrogen (secondary N) is 1. The Hall–Kier alpha value is -2.64. The number of anilines is 1. The molecule has 0 radical (unpaired) electrons. The van der Waals surface area contributed by atoms with Crippen LogP contribution in [0.2, 0.25) is 0 Å². The average Bonchev–Trinajstić information content (AvgIpc) is 3.19. The molecule has 1 amide bonds. The highest BCUT2D eigenvalue weighted by Crippen LogP contribution is 2.19. The van der Waals surface area contributed by atoms with Crippen molar-refractivity contribution >= 4 is 11.9 Å². The van der Waals surface area contributed by atoms with Gasteiger partial charge in [-0.25, -0.2) is 4.98 Å². The summed E-state index contributed by atoms with van der Waals surface area (Å²) in [5.41, 5.74) is 1.08. The van der Waals surface area contributed by atoms with Gasteiger partial charge in [0.05, 0.1) is 6.54 Å². The Morgan fingerprint density at radius 1 is 1.48 bits per heavy atom. The summed E-state index contributed by atoms with van der Waals surface area (Å²) in [4.78, 5) is 18.2. The molecule has 1 atom stereocenters. The second-order valence-corrected chi connectivity index (χ2v) is 5.40. The van der Waals surface area contributed by atoms with E-state index in [4.69, 9.17) is 9.15 Å². The molecule has 122 valence electrons. The SMILES string of the molecule is CCNc1nnc(C(=O)N2CCC(Oc3ccc(C)cn3)C2)o1. The minimum atomic E-state index is -0.274. The minimum absolute atomic E-state index is 0.00457. The standard InChI is InChI=1S/C15H19N5O3/c1-3-16-15-19-18-13(23-15)14(21)20-7-6-11(9-20)22-12-5-4-10(2)8-17-12/h4-5,8,11H,3,6-7,9H2,1-2H3,(H,16,19). The van der Waals surface area contributed by atoms with Gasteiger partial charge in [-0.05, 0) is 19.4 Å². The van der Waals surface area contributed by atoms with E-state index >= 15 is 0 Å².